The average molecular weight is 214 g/mol. The molecule has 88 valence electrons. The molecule has 1 atom stereocenters. The van der Waals surface area contributed by atoms with Gasteiger partial charge in [-0.3, -0.25) is 4.79 Å². The molecule has 1 amide bonds. The van der Waals surface area contributed by atoms with Gasteiger partial charge in [0.2, 0.25) is 5.91 Å². The molecule has 1 aliphatic carbocycles. The topological polar surface area (TPSA) is 61.4 Å². The SMILES string of the molecule is CCCC(O)CNCCC(=O)NC1CC1. The molecule has 3 N–H and O–H groups in total. The van der Waals surface area contributed by atoms with Crippen LogP contribution in [0.15, 0.2) is 0 Å². The number of rotatable bonds is 8. The summed E-state index contributed by atoms with van der Waals surface area (Å²) in [5, 5.41) is 15.4. The molecule has 1 aliphatic rings. The monoisotopic (exact) mass is 214 g/mol. The fraction of sp³-hybridized carbons (Fsp3) is 0.909. The minimum Gasteiger partial charge on any atom is -0.392 e. The summed E-state index contributed by atoms with van der Waals surface area (Å²) >= 11 is 0. The van der Waals surface area contributed by atoms with E-state index in [-0.39, 0.29) is 12.0 Å². The Hall–Kier alpha value is -0.610. The maximum atomic E-state index is 11.3. The largest absolute Gasteiger partial charge is 0.392 e. The van der Waals surface area contributed by atoms with Gasteiger partial charge in [0.15, 0.2) is 0 Å². The lowest BCUT2D eigenvalue weighted by Crippen LogP contribution is -2.32. The van der Waals surface area contributed by atoms with Crippen molar-refractivity contribution in [1.82, 2.24) is 10.6 Å². The number of nitrogens with one attached hydrogen (secondary N) is 2. The third kappa shape index (κ3) is 6.47. The number of carbonyl (C=O) groups excluding carboxylic acids is 1. The van der Waals surface area contributed by atoms with E-state index < -0.39 is 0 Å². The molecule has 15 heavy (non-hydrogen) atoms. The van der Waals surface area contributed by atoms with Gasteiger partial charge < -0.3 is 15.7 Å². The molecule has 0 aromatic carbocycles. The van der Waals surface area contributed by atoms with E-state index in [9.17, 15) is 9.90 Å². The van der Waals surface area contributed by atoms with E-state index >= 15 is 0 Å². The van der Waals surface area contributed by atoms with Crippen molar-refractivity contribution < 1.29 is 9.90 Å². The highest BCUT2D eigenvalue weighted by atomic mass is 16.3. The molecule has 0 aliphatic heterocycles. The number of aliphatic hydroxyl groups excluding tert-OH is 1. The van der Waals surface area contributed by atoms with Gasteiger partial charge in [-0.2, -0.15) is 0 Å². The van der Waals surface area contributed by atoms with Crippen LogP contribution in [0.1, 0.15) is 39.0 Å². The van der Waals surface area contributed by atoms with Crippen LogP contribution in [0.4, 0.5) is 0 Å². The maximum Gasteiger partial charge on any atom is 0.221 e. The molecular weight excluding hydrogens is 192 g/mol. The molecule has 0 saturated heterocycles. The number of hydrogen-bond donors (Lipinski definition) is 3. The molecule has 0 radical (unpaired) electrons. The van der Waals surface area contributed by atoms with Gasteiger partial charge in [-0.15, -0.1) is 0 Å². The Bertz CT molecular complexity index is 193. The highest BCUT2D eigenvalue weighted by Gasteiger charge is 2.22. The minimum absolute atomic E-state index is 0.120. The van der Waals surface area contributed by atoms with Gasteiger partial charge in [0.25, 0.3) is 0 Å². The first-order valence-electron chi connectivity index (χ1n) is 5.90. The molecule has 1 unspecified atom stereocenters. The zero-order valence-corrected chi connectivity index (χ0v) is 9.46. The van der Waals surface area contributed by atoms with Crippen LogP contribution in [-0.4, -0.2) is 36.2 Å². The lowest BCUT2D eigenvalue weighted by Gasteiger charge is -2.10. The second-order valence-corrected chi connectivity index (χ2v) is 4.24. The predicted octanol–water partition coefficient (Wildman–Crippen LogP) is 0.406. The Labute approximate surface area is 91.4 Å². The molecule has 1 fully saturated rings. The quantitative estimate of drug-likeness (QED) is 0.513. The molecule has 0 spiro atoms. The smallest absolute Gasteiger partial charge is 0.221 e. The van der Waals surface area contributed by atoms with Crippen LogP contribution in [0.2, 0.25) is 0 Å². The zero-order valence-electron chi connectivity index (χ0n) is 9.46. The Morgan fingerprint density at radius 2 is 2.27 bits per heavy atom. The lowest BCUT2D eigenvalue weighted by atomic mass is 10.2. The van der Waals surface area contributed by atoms with Crippen LogP contribution in [0.5, 0.6) is 0 Å². The van der Waals surface area contributed by atoms with Crippen molar-refractivity contribution in [2.75, 3.05) is 13.1 Å². The summed E-state index contributed by atoms with van der Waals surface area (Å²) < 4.78 is 0. The van der Waals surface area contributed by atoms with Crippen LogP contribution in [0.3, 0.4) is 0 Å². The number of hydrogen-bond acceptors (Lipinski definition) is 3. The van der Waals surface area contributed by atoms with Gasteiger partial charge >= 0.3 is 0 Å². The average Bonchev–Trinajstić information content (AvgIpc) is 2.97. The Balaban J connectivity index is 1.88. The second-order valence-electron chi connectivity index (χ2n) is 4.24. The van der Waals surface area contributed by atoms with Crippen LogP contribution in [0, 0.1) is 0 Å². The van der Waals surface area contributed by atoms with Crippen LogP contribution in [0.25, 0.3) is 0 Å². The highest BCUT2D eigenvalue weighted by Crippen LogP contribution is 2.18. The summed E-state index contributed by atoms with van der Waals surface area (Å²) in [4.78, 5) is 11.3. The van der Waals surface area contributed by atoms with Gasteiger partial charge in [-0.1, -0.05) is 13.3 Å². The second kappa shape index (κ2) is 6.80. The van der Waals surface area contributed by atoms with Gasteiger partial charge in [0.1, 0.15) is 0 Å². The molecule has 4 heteroatoms. The van der Waals surface area contributed by atoms with E-state index in [1.54, 1.807) is 0 Å². The third-order valence-electron chi connectivity index (χ3n) is 2.47. The molecule has 1 saturated carbocycles. The summed E-state index contributed by atoms with van der Waals surface area (Å²) in [5.41, 5.74) is 0. The summed E-state index contributed by atoms with van der Waals surface area (Å²) in [6.45, 7) is 3.29. The zero-order chi connectivity index (χ0) is 11.1. The standard InChI is InChI=1S/C11H22N2O2/c1-2-3-10(14)8-12-7-6-11(15)13-9-4-5-9/h9-10,12,14H,2-8H2,1H3,(H,13,15). The van der Waals surface area contributed by atoms with E-state index in [4.69, 9.17) is 0 Å². The molecular formula is C11H22N2O2. The van der Waals surface area contributed by atoms with Crippen molar-refractivity contribution in [3.8, 4) is 0 Å². The fourth-order valence-corrected chi connectivity index (χ4v) is 1.43. The Morgan fingerprint density at radius 3 is 2.87 bits per heavy atom. The first-order chi connectivity index (χ1) is 7.22. The predicted molar refractivity (Wildman–Crippen MR) is 59.6 cm³/mol. The molecule has 0 bridgehead atoms. The normalized spacial score (nSPS) is 17.5. The van der Waals surface area contributed by atoms with Crippen molar-refractivity contribution in [3.05, 3.63) is 0 Å². The highest BCUT2D eigenvalue weighted by molar-refractivity contribution is 5.76. The maximum absolute atomic E-state index is 11.3. The number of amides is 1. The molecule has 0 aromatic heterocycles. The lowest BCUT2D eigenvalue weighted by molar-refractivity contribution is -0.121. The van der Waals surface area contributed by atoms with Crippen LogP contribution >= 0.6 is 0 Å². The number of aliphatic hydroxyl groups is 1. The van der Waals surface area contributed by atoms with Gasteiger partial charge in [-0.25, -0.2) is 0 Å². The van der Waals surface area contributed by atoms with E-state index in [0.29, 0.717) is 25.6 Å². The molecule has 1 rings (SSSR count). The third-order valence-corrected chi connectivity index (χ3v) is 2.47. The number of carbonyl (C=O) groups is 1. The van der Waals surface area contributed by atoms with Crippen molar-refractivity contribution in [3.63, 3.8) is 0 Å². The van der Waals surface area contributed by atoms with Crippen molar-refractivity contribution >= 4 is 5.91 Å². The van der Waals surface area contributed by atoms with Crippen LogP contribution in [-0.2, 0) is 4.79 Å². The fourth-order valence-electron chi connectivity index (χ4n) is 1.43. The summed E-state index contributed by atoms with van der Waals surface area (Å²) in [6.07, 6.45) is 4.31. The van der Waals surface area contributed by atoms with E-state index in [1.165, 1.54) is 0 Å². The molecule has 0 aromatic rings. The van der Waals surface area contributed by atoms with Crippen LogP contribution < -0.4 is 10.6 Å². The molecule has 0 heterocycles. The summed E-state index contributed by atoms with van der Waals surface area (Å²) in [6, 6.07) is 0.447. The van der Waals surface area contributed by atoms with E-state index in [1.807, 2.05) is 6.92 Å². The van der Waals surface area contributed by atoms with Gasteiger partial charge in [-0.05, 0) is 19.3 Å². The van der Waals surface area contributed by atoms with Crippen molar-refractivity contribution in [2.24, 2.45) is 0 Å². The molecule has 4 nitrogen and oxygen atoms in total. The Kier molecular flexibility index (Phi) is 5.65. The Morgan fingerprint density at radius 1 is 1.53 bits per heavy atom. The summed E-state index contributed by atoms with van der Waals surface area (Å²) in [7, 11) is 0. The van der Waals surface area contributed by atoms with Crippen molar-refractivity contribution in [2.45, 2.75) is 51.2 Å². The van der Waals surface area contributed by atoms with E-state index in [0.717, 1.165) is 25.7 Å². The van der Waals surface area contributed by atoms with Gasteiger partial charge in [0.05, 0.1) is 6.10 Å². The first-order valence-corrected chi connectivity index (χ1v) is 5.90. The summed E-state index contributed by atoms with van der Waals surface area (Å²) in [5.74, 6) is 0.120. The first kappa shape index (κ1) is 12.5. The van der Waals surface area contributed by atoms with Gasteiger partial charge in [0, 0.05) is 25.6 Å². The van der Waals surface area contributed by atoms with Crippen molar-refractivity contribution in [1.29, 1.82) is 0 Å². The van der Waals surface area contributed by atoms with E-state index in [2.05, 4.69) is 10.6 Å². The minimum atomic E-state index is -0.276.